The fourth-order valence-electron chi connectivity index (χ4n) is 5.32. The molecule has 1 aliphatic carbocycles. The lowest BCUT2D eigenvalue weighted by atomic mass is 9.87. The van der Waals surface area contributed by atoms with Crippen LogP contribution in [0.4, 0.5) is 0 Å². The first kappa shape index (κ1) is 21.0. The second-order valence-electron chi connectivity index (χ2n) is 8.99. The van der Waals surface area contributed by atoms with Crippen molar-refractivity contribution >= 4 is 16.8 Å². The Bertz CT molecular complexity index is 963. The van der Waals surface area contributed by atoms with E-state index in [9.17, 15) is 9.59 Å². The van der Waals surface area contributed by atoms with E-state index in [1.165, 1.54) is 19.3 Å². The normalized spacial score (nSPS) is 22.4. The smallest absolute Gasteiger partial charge is 0.261 e. The van der Waals surface area contributed by atoms with Crippen molar-refractivity contribution in [2.45, 2.75) is 64.5 Å². The van der Waals surface area contributed by atoms with Crippen LogP contribution in [0.5, 0.6) is 0 Å². The standard InChI is InChI=1S/C24H34N4O2/c1-4-21(22-25-20-13-9-8-12-19(20)24(30)26(22)3)27-14-15-28(17(2)16-27)23(29)18-10-6-5-7-11-18/h8-9,12-13,17-18,21H,4-7,10-11,14-16H2,1-3H3. The summed E-state index contributed by atoms with van der Waals surface area (Å²) >= 11 is 0. The molecule has 2 atom stereocenters. The summed E-state index contributed by atoms with van der Waals surface area (Å²) in [6.45, 7) is 6.71. The SMILES string of the molecule is CCC(c1nc2ccccc2c(=O)n1C)N1CCN(C(=O)C2CCCCC2)C(C)C1. The van der Waals surface area contributed by atoms with Crippen molar-refractivity contribution in [3.05, 3.63) is 40.4 Å². The summed E-state index contributed by atoms with van der Waals surface area (Å²) < 4.78 is 1.71. The summed E-state index contributed by atoms with van der Waals surface area (Å²) in [5.74, 6) is 1.39. The van der Waals surface area contributed by atoms with Crippen molar-refractivity contribution in [2.75, 3.05) is 19.6 Å². The molecule has 2 aliphatic rings. The highest BCUT2D eigenvalue weighted by atomic mass is 16.2. The van der Waals surface area contributed by atoms with Crippen molar-refractivity contribution in [1.82, 2.24) is 19.4 Å². The molecule has 2 heterocycles. The molecule has 0 radical (unpaired) electrons. The molecule has 30 heavy (non-hydrogen) atoms. The van der Waals surface area contributed by atoms with Gasteiger partial charge in [0.1, 0.15) is 5.82 Å². The van der Waals surface area contributed by atoms with E-state index in [2.05, 4.69) is 23.6 Å². The minimum absolute atomic E-state index is 0.00760. The molecule has 2 aromatic rings. The third kappa shape index (κ3) is 3.89. The predicted octanol–water partition coefficient (Wildman–Crippen LogP) is 3.50. The quantitative estimate of drug-likeness (QED) is 0.774. The first-order valence-electron chi connectivity index (χ1n) is 11.5. The summed E-state index contributed by atoms with van der Waals surface area (Å²) in [7, 11) is 1.83. The Kier molecular flexibility index (Phi) is 6.23. The average molecular weight is 411 g/mol. The van der Waals surface area contributed by atoms with Gasteiger partial charge < -0.3 is 4.90 Å². The molecular formula is C24H34N4O2. The zero-order valence-electron chi connectivity index (χ0n) is 18.5. The van der Waals surface area contributed by atoms with E-state index in [-0.39, 0.29) is 23.6 Å². The maximum absolute atomic E-state index is 13.1. The number of hydrogen-bond donors (Lipinski definition) is 0. The lowest BCUT2D eigenvalue weighted by Crippen LogP contribution is -2.56. The van der Waals surface area contributed by atoms with Crippen LogP contribution in [-0.2, 0) is 11.8 Å². The van der Waals surface area contributed by atoms with Crippen molar-refractivity contribution in [2.24, 2.45) is 13.0 Å². The van der Waals surface area contributed by atoms with Gasteiger partial charge in [-0.25, -0.2) is 4.98 Å². The number of hydrogen-bond acceptors (Lipinski definition) is 4. The number of carbonyl (C=O) groups excluding carboxylic acids is 1. The van der Waals surface area contributed by atoms with Crippen LogP contribution in [0.2, 0.25) is 0 Å². The van der Waals surface area contributed by atoms with Gasteiger partial charge in [-0.15, -0.1) is 0 Å². The maximum atomic E-state index is 13.1. The molecule has 6 heteroatoms. The second-order valence-corrected chi connectivity index (χ2v) is 8.99. The molecule has 0 N–H and O–H groups in total. The van der Waals surface area contributed by atoms with Crippen LogP contribution in [0.25, 0.3) is 10.9 Å². The Morgan fingerprint density at radius 3 is 2.60 bits per heavy atom. The summed E-state index contributed by atoms with van der Waals surface area (Å²) in [6, 6.07) is 7.81. The van der Waals surface area contributed by atoms with Crippen LogP contribution in [0.3, 0.4) is 0 Å². The van der Waals surface area contributed by atoms with E-state index in [0.717, 1.165) is 50.2 Å². The lowest BCUT2D eigenvalue weighted by Gasteiger charge is -2.44. The fourth-order valence-corrected chi connectivity index (χ4v) is 5.32. The first-order chi connectivity index (χ1) is 14.5. The summed E-state index contributed by atoms with van der Waals surface area (Å²) in [6.07, 6.45) is 6.61. The van der Waals surface area contributed by atoms with Gasteiger partial charge in [-0.2, -0.15) is 0 Å². The third-order valence-electron chi connectivity index (χ3n) is 7.04. The zero-order chi connectivity index (χ0) is 21.3. The minimum atomic E-state index is 0.00760. The molecule has 1 aliphatic heterocycles. The van der Waals surface area contributed by atoms with Crippen LogP contribution in [0.15, 0.2) is 29.1 Å². The molecule has 162 valence electrons. The van der Waals surface area contributed by atoms with Gasteiger partial charge in [0, 0.05) is 38.6 Å². The topological polar surface area (TPSA) is 58.4 Å². The summed E-state index contributed by atoms with van der Waals surface area (Å²) in [5.41, 5.74) is 0.765. The second kappa shape index (κ2) is 8.88. The number of amides is 1. The Labute approximate surface area is 178 Å². The molecule has 0 bridgehead atoms. The van der Waals surface area contributed by atoms with Crippen molar-refractivity contribution in [1.29, 1.82) is 0 Å². The van der Waals surface area contributed by atoms with Crippen LogP contribution in [-0.4, -0.2) is 50.9 Å². The van der Waals surface area contributed by atoms with E-state index in [1.807, 2.05) is 31.3 Å². The Morgan fingerprint density at radius 2 is 1.90 bits per heavy atom. The van der Waals surface area contributed by atoms with Gasteiger partial charge in [0.05, 0.1) is 16.9 Å². The number of benzene rings is 1. The van der Waals surface area contributed by atoms with E-state index in [4.69, 9.17) is 4.98 Å². The number of fused-ring (bicyclic) bond motifs is 1. The molecular weight excluding hydrogens is 376 g/mol. The molecule has 1 aromatic carbocycles. The third-order valence-corrected chi connectivity index (χ3v) is 7.04. The highest BCUT2D eigenvalue weighted by Crippen LogP contribution is 2.29. The molecule has 1 amide bonds. The molecule has 0 spiro atoms. The number of rotatable bonds is 4. The van der Waals surface area contributed by atoms with Gasteiger partial charge in [-0.3, -0.25) is 19.1 Å². The Balaban J connectivity index is 1.54. The minimum Gasteiger partial charge on any atom is -0.337 e. The molecule has 1 saturated carbocycles. The van der Waals surface area contributed by atoms with Crippen LogP contribution in [0, 0.1) is 5.92 Å². The van der Waals surface area contributed by atoms with Crippen molar-refractivity contribution in [3.8, 4) is 0 Å². The Morgan fingerprint density at radius 1 is 1.17 bits per heavy atom. The number of carbonyl (C=O) groups is 1. The molecule has 1 saturated heterocycles. The highest BCUT2D eigenvalue weighted by molar-refractivity contribution is 5.79. The maximum Gasteiger partial charge on any atom is 0.261 e. The molecule has 6 nitrogen and oxygen atoms in total. The van der Waals surface area contributed by atoms with Gasteiger partial charge >= 0.3 is 0 Å². The van der Waals surface area contributed by atoms with Gasteiger partial charge in [0.15, 0.2) is 0 Å². The first-order valence-corrected chi connectivity index (χ1v) is 11.5. The highest BCUT2D eigenvalue weighted by Gasteiger charge is 2.35. The molecule has 4 rings (SSSR count). The van der Waals surface area contributed by atoms with E-state index in [0.29, 0.717) is 11.3 Å². The van der Waals surface area contributed by atoms with Crippen LogP contribution < -0.4 is 5.56 Å². The average Bonchev–Trinajstić information content (AvgIpc) is 2.78. The van der Waals surface area contributed by atoms with E-state index in [1.54, 1.807) is 4.57 Å². The predicted molar refractivity (Wildman–Crippen MR) is 119 cm³/mol. The van der Waals surface area contributed by atoms with Gasteiger partial charge in [-0.1, -0.05) is 38.3 Å². The van der Waals surface area contributed by atoms with Gasteiger partial charge in [0.25, 0.3) is 5.56 Å². The van der Waals surface area contributed by atoms with Crippen molar-refractivity contribution < 1.29 is 4.79 Å². The van der Waals surface area contributed by atoms with E-state index < -0.39 is 0 Å². The number of para-hydroxylation sites is 1. The van der Waals surface area contributed by atoms with Gasteiger partial charge in [-0.05, 0) is 38.3 Å². The molecule has 1 aromatic heterocycles. The largest absolute Gasteiger partial charge is 0.337 e. The van der Waals surface area contributed by atoms with Gasteiger partial charge in [0.2, 0.25) is 5.91 Å². The summed E-state index contributed by atoms with van der Waals surface area (Å²) in [4.78, 5) is 35.3. The fraction of sp³-hybridized carbons (Fsp3) is 0.625. The molecule has 2 fully saturated rings. The number of piperazine rings is 1. The van der Waals surface area contributed by atoms with Crippen LogP contribution >= 0.6 is 0 Å². The Hall–Kier alpha value is -2.21. The summed E-state index contributed by atoms with van der Waals surface area (Å²) in [5, 5.41) is 0.662. The monoisotopic (exact) mass is 410 g/mol. The lowest BCUT2D eigenvalue weighted by molar-refractivity contribution is -0.141. The van der Waals surface area contributed by atoms with Crippen molar-refractivity contribution in [3.63, 3.8) is 0 Å². The number of aromatic nitrogens is 2. The van der Waals surface area contributed by atoms with Crippen LogP contribution in [0.1, 0.15) is 64.2 Å². The number of nitrogens with zero attached hydrogens (tertiary/aromatic N) is 4. The molecule has 2 unspecified atom stereocenters. The zero-order valence-corrected chi connectivity index (χ0v) is 18.5. The van der Waals surface area contributed by atoms with E-state index >= 15 is 0 Å².